The topological polar surface area (TPSA) is 34.1 Å². The van der Waals surface area contributed by atoms with Gasteiger partial charge in [0.25, 0.3) is 0 Å². The van der Waals surface area contributed by atoms with Gasteiger partial charge in [0.1, 0.15) is 18.2 Å². The molecule has 2 aromatic rings. The Morgan fingerprint density at radius 1 is 1.05 bits per heavy atom. The first-order chi connectivity index (χ1) is 9.61. The van der Waals surface area contributed by atoms with Crippen molar-refractivity contribution in [3.8, 4) is 5.75 Å². The number of hydrogen-bond donors (Lipinski definition) is 1. The van der Waals surface area contributed by atoms with Crippen LogP contribution in [-0.2, 0) is 6.61 Å². The Balaban J connectivity index is 2.07. The second-order valence-electron chi connectivity index (χ2n) is 5.02. The number of nitrogens with zero attached hydrogens (tertiary/aromatic N) is 1. The molecule has 1 aromatic carbocycles. The molecule has 0 saturated carbocycles. The Labute approximate surface area is 121 Å². The average molecular weight is 270 g/mol. The van der Waals surface area contributed by atoms with Crippen LogP contribution in [0.5, 0.6) is 5.75 Å². The Bertz CT molecular complexity index is 576. The van der Waals surface area contributed by atoms with Crippen LogP contribution in [0.4, 0.5) is 5.82 Å². The normalized spacial score (nSPS) is 10.4. The number of nitrogens with one attached hydrogen (secondary N) is 1. The third kappa shape index (κ3) is 3.29. The molecule has 3 nitrogen and oxygen atoms in total. The van der Waals surface area contributed by atoms with E-state index in [9.17, 15) is 0 Å². The van der Waals surface area contributed by atoms with E-state index >= 15 is 0 Å². The highest BCUT2D eigenvalue weighted by molar-refractivity contribution is 5.44. The predicted molar refractivity (Wildman–Crippen MR) is 83.4 cm³/mol. The molecule has 0 unspecified atom stereocenters. The molecular formula is C17H22N2O. The Morgan fingerprint density at radius 2 is 1.80 bits per heavy atom. The van der Waals surface area contributed by atoms with Gasteiger partial charge in [0.2, 0.25) is 0 Å². The quantitative estimate of drug-likeness (QED) is 0.891. The van der Waals surface area contributed by atoms with Crippen molar-refractivity contribution in [2.75, 3.05) is 11.9 Å². The molecule has 1 N–H and O–H groups in total. The fourth-order valence-corrected chi connectivity index (χ4v) is 2.10. The maximum Gasteiger partial charge on any atom is 0.125 e. The summed E-state index contributed by atoms with van der Waals surface area (Å²) in [6, 6.07) is 8.26. The van der Waals surface area contributed by atoms with Crippen LogP contribution in [0.2, 0.25) is 0 Å². The number of aryl methyl sites for hydroxylation is 2. The van der Waals surface area contributed by atoms with Gasteiger partial charge < -0.3 is 10.1 Å². The lowest BCUT2D eigenvalue weighted by atomic mass is 10.1. The number of aromatic nitrogens is 1. The van der Waals surface area contributed by atoms with Crippen molar-refractivity contribution in [2.24, 2.45) is 0 Å². The molecule has 0 aliphatic heterocycles. The minimum absolute atomic E-state index is 0.546. The number of pyridine rings is 1. The van der Waals surface area contributed by atoms with Crippen molar-refractivity contribution >= 4 is 5.82 Å². The van der Waals surface area contributed by atoms with Crippen LogP contribution in [0.1, 0.15) is 29.2 Å². The van der Waals surface area contributed by atoms with Gasteiger partial charge in [-0.15, -0.1) is 0 Å². The van der Waals surface area contributed by atoms with Crippen LogP contribution >= 0.6 is 0 Å². The summed E-state index contributed by atoms with van der Waals surface area (Å²) >= 11 is 0. The lowest BCUT2D eigenvalue weighted by Gasteiger charge is -2.14. The molecule has 0 amide bonds. The van der Waals surface area contributed by atoms with E-state index in [0.29, 0.717) is 6.61 Å². The summed E-state index contributed by atoms with van der Waals surface area (Å²) in [5.74, 6) is 1.89. The van der Waals surface area contributed by atoms with Crippen molar-refractivity contribution in [1.29, 1.82) is 0 Å². The molecule has 1 heterocycles. The molecule has 106 valence electrons. The Hall–Kier alpha value is -2.03. The third-order valence-corrected chi connectivity index (χ3v) is 3.44. The molecule has 3 heteroatoms. The van der Waals surface area contributed by atoms with E-state index in [1.165, 1.54) is 16.7 Å². The van der Waals surface area contributed by atoms with Crippen LogP contribution in [0.15, 0.2) is 30.5 Å². The number of benzene rings is 1. The van der Waals surface area contributed by atoms with Gasteiger partial charge in [-0.1, -0.05) is 18.2 Å². The van der Waals surface area contributed by atoms with Crippen molar-refractivity contribution in [3.63, 3.8) is 0 Å². The van der Waals surface area contributed by atoms with E-state index in [2.05, 4.69) is 50.1 Å². The van der Waals surface area contributed by atoms with Gasteiger partial charge in [-0.3, -0.25) is 0 Å². The highest BCUT2D eigenvalue weighted by Gasteiger charge is 2.06. The zero-order chi connectivity index (χ0) is 14.5. The molecule has 2 rings (SSSR count). The van der Waals surface area contributed by atoms with Gasteiger partial charge in [0, 0.05) is 18.3 Å². The van der Waals surface area contributed by atoms with Crippen LogP contribution in [-0.4, -0.2) is 11.5 Å². The molecule has 0 bridgehead atoms. The lowest BCUT2D eigenvalue weighted by molar-refractivity contribution is 0.301. The maximum atomic E-state index is 5.97. The number of hydrogen-bond acceptors (Lipinski definition) is 3. The first-order valence-corrected chi connectivity index (χ1v) is 7.00. The van der Waals surface area contributed by atoms with E-state index in [4.69, 9.17) is 4.74 Å². The molecule has 1 aromatic heterocycles. The van der Waals surface area contributed by atoms with E-state index in [-0.39, 0.29) is 0 Å². The Morgan fingerprint density at radius 3 is 2.45 bits per heavy atom. The van der Waals surface area contributed by atoms with Crippen LogP contribution in [0, 0.1) is 20.8 Å². The predicted octanol–water partition coefficient (Wildman–Crippen LogP) is 4.02. The average Bonchev–Trinajstić information content (AvgIpc) is 2.45. The fourth-order valence-electron chi connectivity index (χ4n) is 2.10. The second-order valence-corrected chi connectivity index (χ2v) is 5.02. The SMILES string of the molecule is CCNc1ccc(COc2c(C)ccc(C)c2C)cn1. The zero-order valence-corrected chi connectivity index (χ0v) is 12.7. The summed E-state index contributed by atoms with van der Waals surface area (Å²) in [5, 5.41) is 3.18. The molecule has 0 aliphatic rings. The first kappa shape index (κ1) is 14.4. The number of anilines is 1. The van der Waals surface area contributed by atoms with Gasteiger partial charge in [-0.2, -0.15) is 0 Å². The standard InChI is InChI=1S/C17H22N2O/c1-5-18-16-9-8-15(10-19-16)11-20-17-13(3)7-6-12(2)14(17)4/h6-10H,5,11H2,1-4H3,(H,18,19). The smallest absolute Gasteiger partial charge is 0.125 e. The summed E-state index contributed by atoms with van der Waals surface area (Å²) in [6.07, 6.45) is 1.86. The molecular weight excluding hydrogens is 248 g/mol. The van der Waals surface area contributed by atoms with Crippen molar-refractivity contribution in [2.45, 2.75) is 34.3 Å². The summed E-state index contributed by atoms with van der Waals surface area (Å²) in [6.45, 7) is 9.77. The van der Waals surface area contributed by atoms with Crippen LogP contribution < -0.4 is 10.1 Å². The summed E-state index contributed by atoms with van der Waals surface area (Å²) < 4.78 is 5.97. The molecule has 0 spiro atoms. The van der Waals surface area contributed by atoms with E-state index < -0.39 is 0 Å². The number of ether oxygens (including phenoxy) is 1. The summed E-state index contributed by atoms with van der Waals surface area (Å²) in [7, 11) is 0. The Kier molecular flexibility index (Phi) is 4.61. The van der Waals surface area contributed by atoms with Gasteiger partial charge >= 0.3 is 0 Å². The highest BCUT2D eigenvalue weighted by Crippen LogP contribution is 2.26. The largest absolute Gasteiger partial charge is 0.488 e. The van der Waals surface area contributed by atoms with E-state index in [0.717, 1.165) is 23.7 Å². The van der Waals surface area contributed by atoms with Crippen LogP contribution in [0.25, 0.3) is 0 Å². The zero-order valence-electron chi connectivity index (χ0n) is 12.7. The molecule has 0 fully saturated rings. The molecule has 20 heavy (non-hydrogen) atoms. The maximum absolute atomic E-state index is 5.97. The van der Waals surface area contributed by atoms with Crippen LogP contribution in [0.3, 0.4) is 0 Å². The van der Waals surface area contributed by atoms with Gasteiger partial charge in [-0.25, -0.2) is 4.98 Å². The van der Waals surface area contributed by atoms with Crippen molar-refractivity contribution in [1.82, 2.24) is 4.98 Å². The summed E-state index contributed by atoms with van der Waals surface area (Å²) in [5.41, 5.74) is 4.71. The number of rotatable bonds is 5. The molecule has 0 saturated heterocycles. The minimum Gasteiger partial charge on any atom is -0.488 e. The van der Waals surface area contributed by atoms with E-state index in [1.54, 1.807) is 0 Å². The van der Waals surface area contributed by atoms with Gasteiger partial charge in [0.05, 0.1) is 0 Å². The van der Waals surface area contributed by atoms with Crippen molar-refractivity contribution in [3.05, 3.63) is 52.7 Å². The summed E-state index contributed by atoms with van der Waals surface area (Å²) in [4.78, 5) is 4.35. The third-order valence-electron chi connectivity index (χ3n) is 3.44. The fraction of sp³-hybridized carbons (Fsp3) is 0.353. The molecule has 0 aliphatic carbocycles. The van der Waals surface area contributed by atoms with Gasteiger partial charge in [0.15, 0.2) is 0 Å². The first-order valence-electron chi connectivity index (χ1n) is 7.00. The van der Waals surface area contributed by atoms with E-state index in [1.807, 2.05) is 18.3 Å². The second kappa shape index (κ2) is 6.42. The molecule has 0 radical (unpaired) electrons. The lowest BCUT2D eigenvalue weighted by Crippen LogP contribution is -2.02. The highest BCUT2D eigenvalue weighted by atomic mass is 16.5. The molecule has 0 atom stereocenters. The minimum atomic E-state index is 0.546. The monoisotopic (exact) mass is 270 g/mol. The van der Waals surface area contributed by atoms with Crippen molar-refractivity contribution < 1.29 is 4.74 Å². The van der Waals surface area contributed by atoms with Gasteiger partial charge in [-0.05, 0) is 50.5 Å².